The molecule has 1 amide bonds. The first-order valence-electron chi connectivity index (χ1n) is 10.7. The average Bonchev–Trinajstić information content (AvgIpc) is 3.55. The molecule has 1 aliphatic rings. The van der Waals surface area contributed by atoms with E-state index in [1.165, 1.54) is 41.8 Å². The van der Waals surface area contributed by atoms with Crippen LogP contribution in [-0.2, 0) is 25.4 Å². The molecule has 2 atom stereocenters. The molecule has 4 aromatic heterocycles. The van der Waals surface area contributed by atoms with Gasteiger partial charge in [-0.1, -0.05) is 0 Å². The zero-order valence-electron chi connectivity index (χ0n) is 19.3. The molecule has 13 heteroatoms. The van der Waals surface area contributed by atoms with Crippen molar-refractivity contribution >= 4 is 51.7 Å². The van der Waals surface area contributed by atoms with E-state index in [0.29, 0.717) is 33.9 Å². The van der Waals surface area contributed by atoms with Crippen LogP contribution in [0.2, 0.25) is 5.22 Å². The van der Waals surface area contributed by atoms with Gasteiger partial charge in [-0.3, -0.25) is 13.9 Å². The van der Waals surface area contributed by atoms with Crippen LogP contribution in [0, 0.1) is 6.92 Å². The molecule has 4 aromatic rings. The lowest BCUT2D eigenvalue weighted by molar-refractivity contribution is 0.147. The Hall–Kier alpha value is -2.96. The minimum Gasteiger partial charge on any atom is -0.448 e. The van der Waals surface area contributed by atoms with E-state index in [2.05, 4.69) is 10.3 Å². The Morgan fingerprint density at radius 2 is 2.09 bits per heavy atom. The van der Waals surface area contributed by atoms with Crippen LogP contribution in [0.3, 0.4) is 0 Å². The molecule has 0 saturated carbocycles. The van der Waals surface area contributed by atoms with Gasteiger partial charge in [0.05, 0.1) is 27.5 Å². The Kier molecular flexibility index (Phi) is 6.06. The molecule has 184 valence electrons. The number of aromatic nitrogens is 4. The number of nitrogens with zero attached hydrogens (tertiary/aromatic N) is 4. The number of thioether (sulfide) groups is 1. The second-order valence-corrected chi connectivity index (χ2v) is 10.8. The molecule has 35 heavy (non-hydrogen) atoms. The van der Waals surface area contributed by atoms with Crippen LogP contribution in [0.25, 0.3) is 21.6 Å². The van der Waals surface area contributed by atoms with E-state index in [1.807, 2.05) is 16.9 Å². The van der Waals surface area contributed by atoms with Gasteiger partial charge in [-0.15, -0.1) is 23.1 Å². The second kappa shape index (κ2) is 8.92. The molecule has 10 nitrogen and oxygen atoms in total. The van der Waals surface area contributed by atoms with Crippen LogP contribution in [-0.4, -0.2) is 43.7 Å². The van der Waals surface area contributed by atoms with Crippen LogP contribution >= 0.6 is 34.7 Å². The zero-order chi connectivity index (χ0) is 25.0. The summed E-state index contributed by atoms with van der Waals surface area (Å²) in [4.78, 5) is 42.9. The van der Waals surface area contributed by atoms with Gasteiger partial charge in [0, 0.05) is 38.8 Å². The summed E-state index contributed by atoms with van der Waals surface area (Å²) in [7, 11) is 4.62. The maximum Gasteiger partial charge on any atom is 0.406 e. The van der Waals surface area contributed by atoms with Crippen molar-refractivity contribution in [3.63, 3.8) is 0 Å². The molecule has 0 saturated heterocycles. The van der Waals surface area contributed by atoms with Crippen molar-refractivity contribution in [3.8, 4) is 10.7 Å². The molecule has 2 unspecified atom stereocenters. The van der Waals surface area contributed by atoms with Crippen LogP contribution in [0.15, 0.2) is 31.5 Å². The number of aryl methyl sites for hydroxylation is 2. The van der Waals surface area contributed by atoms with Crippen LogP contribution in [0.1, 0.15) is 22.4 Å². The number of rotatable bonds is 4. The highest BCUT2D eigenvalue weighted by Crippen LogP contribution is 2.49. The van der Waals surface area contributed by atoms with E-state index in [4.69, 9.17) is 20.8 Å². The fourth-order valence-corrected chi connectivity index (χ4v) is 6.79. The number of hydrogen-bond acceptors (Lipinski definition) is 8. The Balaban J connectivity index is 1.83. The van der Waals surface area contributed by atoms with Gasteiger partial charge >= 0.3 is 11.8 Å². The summed E-state index contributed by atoms with van der Waals surface area (Å²) in [6, 6.07) is 3.43. The van der Waals surface area contributed by atoms with Gasteiger partial charge < -0.3 is 19.0 Å². The predicted molar refractivity (Wildman–Crippen MR) is 136 cm³/mol. The van der Waals surface area contributed by atoms with Crippen molar-refractivity contribution in [2.75, 3.05) is 13.7 Å². The second-order valence-electron chi connectivity index (χ2n) is 8.20. The smallest absolute Gasteiger partial charge is 0.406 e. The van der Waals surface area contributed by atoms with Crippen molar-refractivity contribution in [3.05, 3.63) is 60.7 Å². The van der Waals surface area contributed by atoms with E-state index in [1.54, 1.807) is 19.2 Å². The van der Waals surface area contributed by atoms with Gasteiger partial charge in [-0.05, 0) is 30.7 Å². The summed E-state index contributed by atoms with van der Waals surface area (Å²) in [5.74, 6) is 0.570. The molecular weight excluding hydrogens is 514 g/mol. The third-order valence-electron chi connectivity index (χ3n) is 5.95. The number of hydrogen-bond donors (Lipinski definition) is 1. The first-order valence-corrected chi connectivity index (χ1v) is 12.9. The highest BCUT2D eigenvalue weighted by Gasteiger charge is 2.38. The summed E-state index contributed by atoms with van der Waals surface area (Å²) in [6.45, 7) is 2.46. The van der Waals surface area contributed by atoms with Crippen molar-refractivity contribution in [1.29, 1.82) is 0 Å². The van der Waals surface area contributed by atoms with Gasteiger partial charge in [-0.25, -0.2) is 14.6 Å². The maximum absolute atomic E-state index is 13.5. The van der Waals surface area contributed by atoms with E-state index in [-0.39, 0.29) is 17.1 Å². The number of thiazole rings is 1. The Bertz CT molecular complexity index is 1580. The molecule has 0 radical (unpaired) electrons. The minimum atomic E-state index is -0.529. The number of carbonyl (C=O) groups excluding carboxylic acids is 1. The van der Waals surface area contributed by atoms with Crippen LogP contribution in [0.5, 0.6) is 0 Å². The number of carbonyl (C=O) groups is 1. The first-order chi connectivity index (χ1) is 16.7. The normalized spacial score (nSPS) is 17.5. The molecule has 0 fully saturated rings. The summed E-state index contributed by atoms with van der Waals surface area (Å²) < 4.78 is 15.8. The number of alkyl carbamates (subject to hydrolysis) is 1. The van der Waals surface area contributed by atoms with E-state index in [9.17, 15) is 14.4 Å². The monoisotopic (exact) mass is 535 g/mol. The number of ether oxygens (including phenoxy) is 1. The van der Waals surface area contributed by atoms with Gasteiger partial charge in [0.2, 0.25) is 0 Å². The Morgan fingerprint density at radius 1 is 1.31 bits per heavy atom. The number of furan rings is 1. The lowest BCUT2D eigenvalue weighted by Crippen LogP contribution is -2.37. The maximum atomic E-state index is 13.5. The van der Waals surface area contributed by atoms with Crippen molar-refractivity contribution < 1.29 is 13.9 Å². The minimum absolute atomic E-state index is 0.135. The number of amides is 1. The molecular formula is C22H22ClN5O5S2. The average molecular weight is 536 g/mol. The SMILES string of the molecule is CNC(=O)OCC1Cn2c(-c3nc(C)cs3)c3c(=O)n(C)c(=O)n(C)c3c2C(c2ccc(Cl)o2)S1. The fourth-order valence-electron chi connectivity index (χ4n) is 4.39. The number of halogens is 1. The Morgan fingerprint density at radius 3 is 2.71 bits per heavy atom. The molecule has 0 bridgehead atoms. The molecule has 0 spiro atoms. The van der Waals surface area contributed by atoms with Crippen LogP contribution < -0.4 is 16.6 Å². The topological polar surface area (TPSA) is 113 Å². The van der Waals surface area contributed by atoms with Gasteiger partial charge in [0.15, 0.2) is 5.22 Å². The summed E-state index contributed by atoms with van der Waals surface area (Å²) in [5.41, 5.74) is 1.91. The standard InChI is InChI=1S/C22H22ClN5O5S2/c1-10-9-34-19(25-10)16-14-15(26(3)22(31)27(4)20(14)29)17-18(12-5-6-13(23)33-12)35-11(7-28(16)17)8-32-21(30)24-2/h5-6,9,11,18H,7-8H2,1-4H3,(H,24,30). The summed E-state index contributed by atoms with van der Waals surface area (Å²) in [5, 5.41) is 5.10. The molecule has 5 rings (SSSR count). The fraction of sp³-hybridized carbons (Fsp3) is 0.364. The predicted octanol–water partition coefficient (Wildman–Crippen LogP) is 3.28. The summed E-state index contributed by atoms with van der Waals surface area (Å²) in [6.07, 6.45) is -0.529. The molecule has 0 aromatic carbocycles. The van der Waals surface area contributed by atoms with E-state index >= 15 is 0 Å². The molecule has 1 N–H and O–H groups in total. The largest absolute Gasteiger partial charge is 0.448 e. The highest BCUT2D eigenvalue weighted by atomic mass is 35.5. The number of fused-ring (bicyclic) bond motifs is 3. The van der Waals surface area contributed by atoms with Gasteiger partial charge in [0.1, 0.15) is 22.6 Å². The Labute approximate surface area is 212 Å². The van der Waals surface area contributed by atoms with E-state index in [0.717, 1.165) is 16.0 Å². The number of nitrogens with one attached hydrogen (secondary N) is 1. The van der Waals surface area contributed by atoms with Gasteiger partial charge in [0.25, 0.3) is 5.56 Å². The van der Waals surface area contributed by atoms with Crippen molar-refractivity contribution in [1.82, 2.24) is 24.0 Å². The molecule has 5 heterocycles. The third-order valence-corrected chi connectivity index (χ3v) is 8.51. The van der Waals surface area contributed by atoms with Gasteiger partial charge in [-0.2, -0.15) is 0 Å². The lowest BCUT2D eigenvalue weighted by Gasteiger charge is -2.31. The lowest BCUT2D eigenvalue weighted by atomic mass is 10.2. The zero-order valence-corrected chi connectivity index (χ0v) is 21.7. The quantitative estimate of drug-likeness (QED) is 0.426. The highest BCUT2D eigenvalue weighted by molar-refractivity contribution is 8.00. The molecule has 0 aliphatic carbocycles. The van der Waals surface area contributed by atoms with E-state index < -0.39 is 22.6 Å². The molecule has 1 aliphatic heterocycles. The van der Waals surface area contributed by atoms with Crippen molar-refractivity contribution in [2.24, 2.45) is 14.1 Å². The third kappa shape index (κ3) is 3.89. The summed E-state index contributed by atoms with van der Waals surface area (Å²) >= 11 is 9.07. The van der Waals surface area contributed by atoms with Crippen molar-refractivity contribution in [2.45, 2.75) is 24.0 Å². The first kappa shape index (κ1) is 23.8. The van der Waals surface area contributed by atoms with Crippen LogP contribution in [0.4, 0.5) is 4.79 Å².